The highest BCUT2D eigenvalue weighted by atomic mass is 28.4. The van der Waals surface area contributed by atoms with Gasteiger partial charge in [0.1, 0.15) is 18.3 Å². The zero-order valence-corrected chi connectivity index (χ0v) is 21.9. The van der Waals surface area contributed by atoms with Gasteiger partial charge in [0.25, 0.3) is 0 Å². The van der Waals surface area contributed by atoms with E-state index in [-0.39, 0.29) is 5.04 Å². The molecule has 2 aromatic rings. The fraction of sp³-hybridized carbons (Fsp3) is 0.519. The van der Waals surface area contributed by atoms with E-state index >= 15 is 0 Å². The highest BCUT2D eigenvalue weighted by Crippen LogP contribution is 2.44. The molecule has 0 amide bonds. The van der Waals surface area contributed by atoms with Gasteiger partial charge in [0.2, 0.25) is 0 Å². The van der Waals surface area contributed by atoms with Crippen molar-refractivity contribution in [3.05, 3.63) is 71.8 Å². The standard InChI is InChI=1S/C27H38O5Si/c1-26(2,3)33(6,7)32-23(21-16-12-9-13-17-21)25-24(22(18-28)30-27(4,5)31-25)29-19-20-14-10-8-11-15-20/h8-18,22-25H,19H2,1-7H3/t22-,23-,24+,25+/m0/s1. The molecule has 0 spiro atoms. The maximum atomic E-state index is 12.1. The lowest BCUT2D eigenvalue weighted by atomic mass is 9.95. The number of carbonyl (C=O) groups excluding carboxylic acids is 1. The number of rotatable bonds is 8. The van der Waals surface area contributed by atoms with E-state index in [1.807, 2.05) is 74.5 Å². The molecule has 1 aliphatic rings. The third kappa shape index (κ3) is 6.40. The van der Waals surface area contributed by atoms with E-state index in [0.717, 1.165) is 17.4 Å². The average molecular weight is 471 g/mol. The summed E-state index contributed by atoms with van der Waals surface area (Å²) in [6, 6.07) is 20.0. The largest absolute Gasteiger partial charge is 0.407 e. The Kier molecular flexibility index (Phi) is 7.97. The Morgan fingerprint density at radius 3 is 2.12 bits per heavy atom. The van der Waals surface area contributed by atoms with E-state index < -0.39 is 38.5 Å². The van der Waals surface area contributed by atoms with Gasteiger partial charge in [-0.15, -0.1) is 0 Å². The van der Waals surface area contributed by atoms with Gasteiger partial charge >= 0.3 is 0 Å². The molecule has 180 valence electrons. The summed E-state index contributed by atoms with van der Waals surface area (Å²) < 4.78 is 25.7. The number of hydrogen-bond acceptors (Lipinski definition) is 5. The predicted molar refractivity (Wildman–Crippen MR) is 132 cm³/mol. The summed E-state index contributed by atoms with van der Waals surface area (Å²) in [6.45, 7) is 15.1. The molecule has 0 saturated carbocycles. The molecule has 0 bridgehead atoms. The van der Waals surface area contributed by atoms with Crippen LogP contribution in [0.15, 0.2) is 60.7 Å². The fourth-order valence-corrected chi connectivity index (χ4v) is 5.02. The van der Waals surface area contributed by atoms with Crippen molar-refractivity contribution in [2.75, 3.05) is 0 Å². The van der Waals surface area contributed by atoms with Crippen LogP contribution < -0.4 is 0 Å². The third-order valence-electron chi connectivity index (χ3n) is 6.56. The van der Waals surface area contributed by atoms with Crippen molar-refractivity contribution in [1.82, 2.24) is 0 Å². The molecular weight excluding hydrogens is 432 g/mol. The van der Waals surface area contributed by atoms with Crippen molar-refractivity contribution in [1.29, 1.82) is 0 Å². The highest BCUT2D eigenvalue weighted by molar-refractivity contribution is 6.74. The molecule has 0 radical (unpaired) electrons. The molecule has 2 aromatic carbocycles. The molecule has 0 aromatic heterocycles. The van der Waals surface area contributed by atoms with Gasteiger partial charge in [-0.1, -0.05) is 81.4 Å². The summed E-state index contributed by atoms with van der Waals surface area (Å²) >= 11 is 0. The van der Waals surface area contributed by atoms with Gasteiger partial charge in [0, 0.05) is 0 Å². The smallest absolute Gasteiger partial charge is 0.193 e. The van der Waals surface area contributed by atoms with Crippen molar-refractivity contribution in [2.45, 2.75) is 89.6 Å². The van der Waals surface area contributed by atoms with Gasteiger partial charge in [0.15, 0.2) is 20.4 Å². The van der Waals surface area contributed by atoms with Crippen LogP contribution in [0.3, 0.4) is 0 Å². The normalized spacial score (nSPS) is 24.3. The Morgan fingerprint density at radius 1 is 1.00 bits per heavy atom. The van der Waals surface area contributed by atoms with Crippen molar-refractivity contribution < 1.29 is 23.4 Å². The van der Waals surface area contributed by atoms with Crippen LogP contribution in [0.2, 0.25) is 18.1 Å². The van der Waals surface area contributed by atoms with Crippen molar-refractivity contribution in [3.63, 3.8) is 0 Å². The van der Waals surface area contributed by atoms with E-state index in [9.17, 15) is 4.79 Å². The molecule has 1 fully saturated rings. The monoisotopic (exact) mass is 470 g/mol. The average Bonchev–Trinajstić information content (AvgIpc) is 2.76. The van der Waals surface area contributed by atoms with Gasteiger partial charge in [-0.3, -0.25) is 0 Å². The van der Waals surface area contributed by atoms with Gasteiger partial charge in [-0.25, -0.2) is 0 Å². The Morgan fingerprint density at radius 2 is 1.58 bits per heavy atom. The lowest BCUT2D eigenvalue weighted by Crippen LogP contribution is -2.59. The van der Waals surface area contributed by atoms with Gasteiger partial charge in [-0.05, 0) is 43.1 Å². The Bertz CT molecular complexity index is 892. The number of carbonyl (C=O) groups is 1. The molecule has 0 aliphatic carbocycles. The van der Waals surface area contributed by atoms with Gasteiger partial charge in [0.05, 0.1) is 12.7 Å². The number of aldehydes is 1. The first-order valence-corrected chi connectivity index (χ1v) is 14.5. The summed E-state index contributed by atoms with van der Waals surface area (Å²) in [6.07, 6.45) is -1.49. The topological polar surface area (TPSA) is 54.0 Å². The summed E-state index contributed by atoms with van der Waals surface area (Å²) in [4.78, 5) is 12.1. The highest BCUT2D eigenvalue weighted by Gasteiger charge is 2.50. The first kappa shape index (κ1) is 25.8. The van der Waals surface area contributed by atoms with Gasteiger partial charge in [-0.2, -0.15) is 0 Å². The molecule has 33 heavy (non-hydrogen) atoms. The summed E-state index contributed by atoms with van der Waals surface area (Å²) in [5.74, 6) is -0.952. The van der Waals surface area contributed by atoms with Crippen LogP contribution in [0, 0.1) is 0 Å². The lowest BCUT2D eigenvalue weighted by Gasteiger charge is -2.49. The summed E-state index contributed by atoms with van der Waals surface area (Å²) in [5.41, 5.74) is 2.02. The minimum absolute atomic E-state index is 0.00513. The van der Waals surface area contributed by atoms with Crippen LogP contribution in [0.4, 0.5) is 0 Å². The number of hydrogen-bond donors (Lipinski definition) is 0. The summed E-state index contributed by atoms with van der Waals surface area (Å²) in [5, 5.41) is 0.00513. The quantitative estimate of drug-likeness (QED) is 0.347. The summed E-state index contributed by atoms with van der Waals surface area (Å²) in [7, 11) is -2.19. The zero-order valence-electron chi connectivity index (χ0n) is 20.9. The van der Waals surface area contributed by atoms with Crippen LogP contribution in [0.1, 0.15) is 51.8 Å². The van der Waals surface area contributed by atoms with E-state index in [4.69, 9.17) is 18.6 Å². The molecule has 1 aliphatic heterocycles. The second kappa shape index (κ2) is 10.2. The first-order chi connectivity index (χ1) is 15.4. The van der Waals surface area contributed by atoms with Crippen molar-refractivity contribution >= 4 is 14.6 Å². The molecule has 1 heterocycles. The number of ether oxygens (including phenoxy) is 3. The zero-order chi connectivity index (χ0) is 24.3. The molecule has 1 saturated heterocycles. The second-order valence-electron chi connectivity index (χ2n) is 10.7. The minimum atomic E-state index is -2.19. The molecule has 0 N–H and O–H groups in total. The first-order valence-electron chi connectivity index (χ1n) is 11.6. The molecule has 3 rings (SSSR count). The van der Waals surface area contributed by atoms with Crippen LogP contribution >= 0.6 is 0 Å². The van der Waals surface area contributed by atoms with E-state index in [2.05, 4.69) is 33.9 Å². The Hall–Kier alpha value is -1.83. The van der Waals surface area contributed by atoms with Crippen molar-refractivity contribution in [2.24, 2.45) is 0 Å². The molecule has 5 nitrogen and oxygen atoms in total. The van der Waals surface area contributed by atoms with Crippen LogP contribution in [-0.4, -0.2) is 38.7 Å². The Balaban J connectivity index is 2.01. The molecule has 6 heteroatoms. The predicted octanol–water partition coefficient (Wildman–Crippen LogP) is 6.05. The maximum absolute atomic E-state index is 12.1. The van der Waals surface area contributed by atoms with Crippen LogP contribution in [-0.2, 0) is 30.0 Å². The van der Waals surface area contributed by atoms with Crippen molar-refractivity contribution in [3.8, 4) is 0 Å². The van der Waals surface area contributed by atoms with E-state index in [0.29, 0.717) is 6.61 Å². The SMILES string of the molecule is CC1(C)O[C@H]([C@@H](O[Si](C)(C)C(C)(C)C)c2ccccc2)[C@H](OCc2ccccc2)[C@H](C=O)O1. The van der Waals surface area contributed by atoms with Gasteiger partial charge < -0.3 is 23.4 Å². The second-order valence-corrected chi connectivity index (χ2v) is 15.4. The molecule has 4 atom stereocenters. The fourth-order valence-electron chi connectivity index (χ4n) is 3.76. The Labute approximate surface area is 199 Å². The maximum Gasteiger partial charge on any atom is 0.193 e. The lowest BCUT2D eigenvalue weighted by molar-refractivity contribution is -0.342. The molecular formula is C27H38O5Si. The molecule has 0 unspecified atom stereocenters. The van der Waals surface area contributed by atoms with E-state index in [1.165, 1.54) is 0 Å². The van der Waals surface area contributed by atoms with E-state index in [1.54, 1.807) is 0 Å². The number of benzene rings is 2. The van der Waals surface area contributed by atoms with Crippen LogP contribution in [0.25, 0.3) is 0 Å². The third-order valence-corrected chi connectivity index (χ3v) is 11.0. The minimum Gasteiger partial charge on any atom is -0.407 e. The van der Waals surface area contributed by atoms with Crippen LogP contribution in [0.5, 0.6) is 0 Å².